The van der Waals surface area contributed by atoms with Gasteiger partial charge in [-0.2, -0.15) is 0 Å². The molecule has 3 N–H and O–H groups in total. The van der Waals surface area contributed by atoms with Crippen molar-refractivity contribution >= 4 is 5.91 Å². The van der Waals surface area contributed by atoms with E-state index in [1.165, 1.54) is 32.4 Å². The number of piperidine rings is 1. The zero-order chi connectivity index (χ0) is 14.5. The van der Waals surface area contributed by atoms with Gasteiger partial charge in [-0.05, 0) is 57.5 Å². The molecule has 0 aromatic rings. The zero-order valence-electron chi connectivity index (χ0n) is 13.1. The molecule has 1 amide bonds. The molecule has 2 aliphatic rings. The summed E-state index contributed by atoms with van der Waals surface area (Å²) in [6.07, 6.45) is 6.57. The van der Waals surface area contributed by atoms with E-state index in [1.54, 1.807) is 0 Å². The first-order chi connectivity index (χ1) is 9.56. The van der Waals surface area contributed by atoms with E-state index in [1.807, 2.05) is 0 Å². The normalized spacial score (nSPS) is 30.4. The highest BCUT2D eigenvalue weighted by atomic mass is 16.1. The molecule has 20 heavy (non-hydrogen) atoms. The first-order valence-electron chi connectivity index (χ1n) is 8.32. The van der Waals surface area contributed by atoms with E-state index in [0.717, 1.165) is 25.3 Å². The van der Waals surface area contributed by atoms with Gasteiger partial charge in [-0.15, -0.1) is 0 Å². The number of nitrogens with zero attached hydrogens (tertiary/aromatic N) is 1. The van der Waals surface area contributed by atoms with Gasteiger partial charge in [0.15, 0.2) is 0 Å². The molecule has 1 aliphatic heterocycles. The number of hydrogen-bond donors (Lipinski definition) is 2. The molecule has 4 nitrogen and oxygen atoms in total. The van der Waals surface area contributed by atoms with Gasteiger partial charge in [0.05, 0.1) is 0 Å². The number of carbonyl (C=O) groups excluding carboxylic acids is 1. The van der Waals surface area contributed by atoms with E-state index < -0.39 is 0 Å². The highest BCUT2D eigenvalue weighted by Crippen LogP contribution is 2.26. The van der Waals surface area contributed by atoms with Gasteiger partial charge < -0.3 is 11.1 Å². The number of rotatable bonds is 5. The third-order valence-electron chi connectivity index (χ3n) is 5.20. The van der Waals surface area contributed by atoms with Gasteiger partial charge in [-0.3, -0.25) is 9.69 Å². The maximum absolute atomic E-state index is 12.0. The van der Waals surface area contributed by atoms with Gasteiger partial charge in [0, 0.05) is 25.0 Å². The number of nitrogens with one attached hydrogen (secondary N) is 1. The van der Waals surface area contributed by atoms with E-state index in [4.69, 9.17) is 5.73 Å². The second-order valence-corrected chi connectivity index (χ2v) is 6.93. The predicted molar refractivity (Wildman–Crippen MR) is 82.4 cm³/mol. The van der Waals surface area contributed by atoms with E-state index in [9.17, 15) is 4.79 Å². The van der Waals surface area contributed by atoms with Crippen LogP contribution >= 0.6 is 0 Å². The molecule has 0 aromatic carbocycles. The summed E-state index contributed by atoms with van der Waals surface area (Å²) >= 11 is 0. The Bertz CT molecular complexity index is 313. The van der Waals surface area contributed by atoms with Crippen LogP contribution in [0.3, 0.4) is 0 Å². The molecule has 1 aliphatic carbocycles. The Balaban J connectivity index is 1.65. The topological polar surface area (TPSA) is 58.4 Å². The third-order valence-corrected chi connectivity index (χ3v) is 5.20. The number of nitrogens with two attached hydrogens (primary N) is 1. The summed E-state index contributed by atoms with van der Waals surface area (Å²) in [6.45, 7) is 7.67. The highest BCUT2D eigenvalue weighted by molar-refractivity contribution is 5.76. The summed E-state index contributed by atoms with van der Waals surface area (Å²) in [5.74, 6) is 1.45. The average molecular weight is 281 g/mol. The first kappa shape index (κ1) is 15.8. The lowest BCUT2D eigenvalue weighted by Crippen LogP contribution is -2.46. The van der Waals surface area contributed by atoms with Gasteiger partial charge >= 0.3 is 0 Å². The predicted octanol–water partition coefficient (Wildman–Crippen LogP) is 1.74. The van der Waals surface area contributed by atoms with Gasteiger partial charge in [0.1, 0.15) is 0 Å². The number of hydrogen-bond acceptors (Lipinski definition) is 3. The fourth-order valence-corrected chi connectivity index (χ4v) is 3.49. The average Bonchev–Trinajstić information content (AvgIpc) is 2.82. The van der Waals surface area contributed by atoms with Gasteiger partial charge in [-0.25, -0.2) is 0 Å². The molecule has 2 fully saturated rings. The Morgan fingerprint density at radius 2 is 2.00 bits per heavy atom. The maximum atomic E-state index is 12.0. The van der Waals surface area contributed by atoms with Crippen molar-refractivity contribution in [2.24, 2.45) is 17.6 Å². The van der Waals surface area contributed by atoms with Crippen LogP contribution in [0, 0.1) is 11.8 Å². The second-order valence-electron chi connectivity index (χ2n) is 6.93. The number of likely N-dealkylation sites (tertiary alicyclic amines) is 1. The van der Waals surface area contributed by atoms with Crippen LogP contribution < -0.4 is 11.1 Å². The van der Waals surface area contributed by atoms with Crippen molar-refractivity contribution in [3.63, 3.8) is 0 Å². The van der Waals surface area contributed by atoms with Crippen LogP contribution in [-0.2, 0) is 4.79 Å². The minimum atomic E-state index is 0.185. The van der Waals surface area contributed by atoms with Crippen LogP contribution in [0.5, 0.6) is 0 Å². The van der Waals surface area contributed by atoms with Crippen molar-refractivity contribution < 1.29 is 4.79 Å². The van der Waals surface area contributed by atoms with Crippen LogP contribution in [0.15, 0.2) is 0 Å². The number of amides is 1. The van der Waals surface area contributed by atoms with Crippen LogP contribution in [0.25, 0.3) is 0 Å². The Hall–Kier alpha value is -0.610. The minimum absolute atomic E-state index is 0.185. The summed E-state index contributed by atoms with van der Waals surface area (Å²) in [7, 11) is 0. The van der Waals surface area contributed by atoms with Crippen molar-refractivity contribution in [3.05, 3.63) is 0 Å². The van der Waals surface area contributed by atoms with Gasteiger partial charge in [0.25, 0.3) is 0 Å². The molecule has 0 aromatic heterocycles. The minimum Gasteiger partial charge on any atom is -0.355 e. The Labute approximate surface area is 123 Å². The summed E-state index contributed by atoms with van der Waals surface area (Å²) < 4.78 is 0. The quantitative estimate of drug-likeness (QED) is 0.807. The van der Waals surface area contributed by atoms with Crippen LogP contribution in [-0.4, -0.2) is 42.5 Å². The molecule has 116 valence electrons. The molecule has 3 atom stereocenters. The molecule has 1 unspecified atom stereocenters. The lowest BCUT2D eigenvalue weighted by atomic mass is 9.98. The maximum Gasteiger partial charge on any atom is 0.220 e. The van der Waals surface area contributed by atoms with E-state index in [-0.39, 0.29) is 11.9 Å². The van der Waals surface area contributed by atoms with E-state index in [2.05, 4.69) is 24.1 Å². The van der Waals surface area contributed by atoms with E-state index in [0.29, 0.717) is 18.4 Å². The molecule has 0 spiro atoms. The van der Waals surface area contributed by atoms with Crippen molar-refractivity contribution in [2.45, 2.75) is 64.5 Å². The molecular formula is C16H31N3O. The molecule has 1 heterocycles. The van der Waals surface area contributed by atoms with Crippen molar-refractivity contribution in [1.82, 2.24) is 10.2 Å². The first-order valence-corrected chi connectivity index (χ1v) is 8.32. The zero-order valence-corrected chi connectivity index (χ0v) is 13.1. The molecule has 2 rings (SSSR count). The third kappa shape index (κ3) is 4.45. The SMILES string of the molecule is CC1CCN(C(C)CNC(=O)C[C@@H]2CCC[C@H]2N)CC1. The van der Waals surface area contributed by atoms with Crippen molar-refractivity contribution in [1.29, 1.82) is 0 Å². The van der Waals surface area contributed by atoms with E-state index >= 15 is 0 Å². The summed E-state index contributed by atoms with van der Waals surface area (Å²) in [5.41, 5.74) is 6.02. The largest absolute Gasteiger partial charge is 0.355 e. The molecule has 4 heteroatoms. The van der Waals surface area contributed by atoms with Crippen molar-refractivity contribution in [3.8, 4) is 0 Å². The molecule has 0 bridgehead atoms. The molecule has 0 radical (unpaired) electrons. The molecule has 1 saturated heterocycles. The fraction of sp³-hybridized carbons (Fsp3) is 0.938. The lowest BCUT2D eigenvalue weighted by Gasteiger charge is -2.35. The monoisotopic (exact) mass is 281 g/mol. The smallest absolute Gasteiger partial charge is 0.220 e. The van der Waals surface area contributed by atoms with Gasteiger partial charge in [0.2, 0.25) is 5.91 Å². The van der Waals surface area contributed by atoms with Crippen LogP contribution in [0.1, 0.15) is 52.4 Å². The Morgan fingerprint density at radius 1 is 1.30 bits per heavy atom. The summed E-state index contributed by atoms with van der Waals surface area (Å²) in [6, 6.07) is 0.686. The Morgan fingerprint density at radius 3 is 2.60 bits per heavy atom. The second kappa shape index (κ2) is 7.41. The summed E-state index contributed by atoms with van der Waals surface area (Å²) in [5, 5.41) is 3.10. The fourth-order valence-electron chi connectivity index (χ4n) is 3.49. The molecule has 1 saturated carbocycles. The standard InChI is InChI=1S/C16H31N3O/c1-12-6-8-19(9-7-12)13(2)11-18-16(20)10-14-4-3-5-15(14)17/h12-15H,3-11,17H2,1-2H3,(H,18,20)/t13?,14-,15+/m0/s1. The lowest BCUT2D eigenvalue weighted by molar-refractivity contribution is -0.122. The van der Waals surface area contributed by atoms with Crippen molar-refractivity contribution in [2.75, 3.05) is 19.6 Å². The Kier molecular flexibility index (Phi) is 5.85. The number of carbonyl (C=O) groups is 1. The van der Waals surface area contributed by atoms with Crippen LogP contribution in [0.2, 0.25) is 0 Å². The summed E-state index contributed by atoms with van der Waals surface area (Å²) in [4.78, 5) is 14.5. The highest BCUT2D eigenvalue weighted by Gasteiger charge is 2.26. The molecular weight excluding hydrogens is 250 g/mol. The van der Waals surface area contributed by atoms with Gasteiger partial charge in [-0.1, -0.05) is 13.3 Å². The van der Waals surface area contributed by atoms with Crippen LogP contribution in [0.4, 0.5) is 0 Å².